The zero-order chi connectivity index (χ0) is 26.4. The van der Waals surface area contributed by atoms with E-state index in [0.29, 0.717) is 23.1 Å². The molecule has 0 saturated carbocycles. The third kappa shape index (κ3) is 6.25. The number of nitrogens with one attached hydrogen (secondary N) is 2. The Balaban J connectivity index is 1.69. The summed E-state index contributed by atoms with van der Waals surface area (Å²) in [4.78, 5) is 23.6. The molecule has 1 amide bonds. The molecule has 0 bridgehead atoms. The van der Waals surface area contributed by atoms with Crippen molar-refractivity contribution in [2.45, 2.75) is 12.8 Å². The largest absolute Gasteiger partial charge is 0.495 e. The molecule has 0 aliphatic rings. The maximum absolute atomic E-state index is 12.3. The van der Waals surface area contributed by atoms with Crippen molar-refractivity contribution in [1.29, 1.82) is 0 Å². The second-order valence-electron chi connectivity index (χ2n) is 8.78. The molecule has 0 fully saturated rings. The number of nitrogens with zero attached hydrogens (tertiary/aromatic N) is 5. The van der Waals surface area contributed by atoms with Gasteiger partial charge in [0.25, 0.3) is 0 Å². The number of aromatic nitrogens is 4. The summed E-state index contributed by atoms with van der Waals surface area (Å²) < 4.78 is 7.50. The maximum atomic E-state index is 12.3. The molecule has 4 rings (SSSR count). The second-order valence-corrected chi connectivity index (χ2v) is 9.03. The Morgan fingerprint density at radius 2 is 2.00 bits per heavy atom. The summed E-state index contributed by atoms with van der Waals surface area (Å²) in [5.74, 6) is 0.686. The molecule has 10 heteroatoms. The average molecular weight is 520 g/mol. The van der Waals surface area contributed by atoms with Crippen LogP contribution >= 0.6 is 11.6 Å². The van der Waals surface area contributed by atoms with E-state index in [1.54, 1.807) is 13.3 Å². The normalized spacial score (nSPS) is 11.4. The SMILES string of the molecule is COc1cc(CCCN(C)C)c(NC(=O)/C=C/Cl)cc1Nc1nccc(-c2c3ccccc3nn2C)n1. The highest BCUT2D eigenvalue weighted by molar-refractivity contribution is 6.27. The Morgan fingerprint density at radius 1 is 1.19 bits per heavy atom. The molecule has 4 aromatic rings. The molecule has 0 saturated heterocycles. The minimum absolute atomic E-state index is 0.318. The van der Waals surface area contributed by atoms with Crippen LogP contribution < -0.4 is 15.4 Å². The monoisotopic (exact) mass is 519 g/mol. The quantitative estimate of drug-likeness (QED) is 0.285. The lowest BCUT2D eigenvalue weighted by atomic mass is 10.0. The number of benzene rings is 2. The van der Waals surface area contributed by atoms with E-state index in [2.05, 4.69) is 25.6 Å². The van der Waals surface area contributed by atoms with Crippen LogP contribution in [0.25, 0.3) is 22.3 Å². The minimum Gasteiger partial charge on any atom is -0.495 e. The highest BCUT2D eigenvalue weighted by atomic mass is 35.5. The van der Waals surface area contributed by atoms with Crippen molar-refractivity contribution in [3.8, 4) is 17.1 Å². The highest BCUT2D eigenvalue weighted by Crippen LogP contribution is 2.34. The lowest BCUT2D eigenvalue weighted by Crippen LogP contribution is -2.15. The minimum atomic E-state index is -0.318. The Hall–Kier alpha value is -3.95. The van der Waals surface area contributed by atoms with Crippen molar-refractivity contribution in [2.75, 3.05) is 38.4 Å². The van der Waals surface area contributed by atoms with Crippen LogP contribution in [0.15, 0.2) is 60.3 Å². The first-order valence-corrected chi connectivity index (χ1v) is 12.3. The van der Waals surface area contributed by atoms with Crippen LogP contribution in [0.3, 0.4) is 0 Å². The van der Waals surface area contributed by atoms with Crippen molar-refractivity contribution >= 4 is 45.7 Å². The molecule has 0 atom stereocenters. The molecule has 0 spiro atoms. The van der Waals surface area contributed by atoms with Gasteiger partial charge in [-0.1, -0.05) is 29.8 Å². The lowest BCUT2D eigenvalue weighted by molar-refractivity contribution is -0.111. The number of hydrogen-bond donors (Lipinski definition) is 2. The Labute approximate surface area is 221 Å². The van der Waals surface area contributed by atoms with Gasteiger partial charge in [0, 0.05) is 35.9 Å². The van der Waals surface area contributed by atoms with Crippen LogP contribution in [0.2, 0.25) is 0 Å². The molecule has 37 heavy (non-hydrogen) atoms. The maximum Gasteiger partial charge on any atom is 0.249 e. The molecule has 2 N–H and O–H groups in total. The number of rotatable bonds is 10. The first-order chi connectivity index (χ1) is 17.9. The van der Waals surface area contributed by atoms with Gasteiger partial charge in [0.15, 0.2) is 0 Å². The number of ether oxygens (including phenoxy) is 1. The fourth-order valence-corrected chi connectivity index (χ4v) is 4.27. The summed E-state index contributed by atoms with van der Waals surface area (Å²) in [6.45, 7) is 0.917. The smallest absolute Gasteiger partial charge is 0.249 e. The summed E-state index contributed by atoms with van der Waals surface area (Å²) in [6.07, 6.45) is 4.64. The van der Waals surface area contributed by atoms with Gasteiger partial charge in [0.05, 0.1) is 29.7 Å². The van der Waals surface area contributed by atoms with E-state index in [9.17, 15) is 4.79 Å². The number of aryl methyl sites for hydroxylation is 2. The molecule has 2 heterocycles. The number of carbonyl (C=O) groups is 1. The molecule has 9 nitrogen and oxygen atoms in total. The molecule has 2 aromatic carbocycles. The van der Waals surface area contributed by atoms with Gasteiger partial charge in [-0.15, -0.1) is 0 Å². The summed E-state index contributed by atoms with van der Waals surface area (Å²) >= 11 is 5.61. The Morgan fingerprint density at radius 3 is 2.76 bits per heavy atom. The standard InChI is InChI=1S/C27H30ClN7O2/c1-34(2)15-7-8-18-16-24(37-4)23(17-22(18)30-25(36)11-13-28)32-27-29-14-12-21(31-27)26-19-9-5-6-10-20(19)33-35(26)3/h5-6,9-14,16-17H,7-8,15H2,1-4H3,(H,30,36)(H,29,31,32)/b13-11+. The average Bonchev–Trinajstić information content (AvgIpc) is 3.21. The van der Waals surface area contributed by atoms with E-state index in [1.165, 1.54) is 11.6 Å². The van der Waals surface area contributed by atoms with Gasteiger partial charge >= 0.3 is 0 Å². The van der Waals surface area contributed by atoms with Gasteiger partial charge in [0.1, 0.15) is 5.75 Å². The predicted molar refractivity (Wildman–Crippen MR) is 149 cm³/mol. The number of methoxy groups -OCH3 is 1. The van der Waals surface area contributed by atoms with Crippen molar-refractivity contribution in [3.05, 3.63) is 65.8 Å². The van der Waals surface area contributed by atoms with E-state index in [1.807, 2.05) is 68.3 Å². The van der Waals surface area contributed by atoms with Crippen LogP contribution in [0.5, 0.6) is 5.75 Å². The third-order valence-corrected chi connectivity index (χ3v) is 5.96. The number of fused-ring (bicyclic) bond motifs is 1. The van der Waals surface area contributed by atoms with Crippen LogP contribution in [0.4, 0.5) is 17.3 Å². The molecular weight excluding hydrogens is 490 g/mol. The van der Waals surface area contributed by atoms with Crippen LogP contribution in [-0.4, -0.2) is 58.3 Å². The van der Waals surface area contributed by atoms with Crippen molar-refractivity contribution in [3.63, 3.8) is 0 Å². The van der Waals surface area contributed by atoms with Crippen LogP contribution in [-0.2, 0) is 18.3 Å². The second kappa shape index (κ2) is 11.9. The van der Waals surface area contributed by atoms with Gasteiger partial charge in [-0.05, 0) is 63.3 Å². The van der Waals surface area contributed by atoms with Gasteiger partial charge in [-0.2, -0.15) is 5.10 Å². The molecule has 0 radical (unpaired) electrons. The van der Waals surface area contributed by atoms with E-state index >= 15 is 0 Å². The fraction of sp³-hybridized carbons (Fsp3) is 0.259. The molecule has 192 valence electrons. The fourth-order valence-electron chi connectivity index (χ4n) is 4.15. The molecule has 2 aromatic heterocycles. The third-order valence-electron chi connectivity index (χ3n) is 5.83. The first-order valence-electron chi connectivity index (χ1n) is 11.8. The van der Waals surface area contributed by atoms with E-state index in [0.717, 1.165) is 47.2 Å². The highest BCUT2D eigenvalue weighted by Gasteiger charge is 2.16. The van der Waals surface area contributed by atoms with E-state index < -0.39 is 0 Å². The molecular formula is C27H30ClN7O2. The van der Waals surface area contributed by atoms with Crippen molar-refractivity contribution < 1.29 is 9.53 Å². The predicted octanol–water partition coefficient (Wildman–Crippen LogP) is 4.97. The molecule has 0 aliphatic heterocycles. The first kappa shape index (κ1) is 26.1. The number of amides is 1. The van der Waals surface area contributed by atoms with Gasteiger partial charge in [-0.25, -0.2) is 9.97 Å². The van der Waals surface area contributed by atoms with Gasteiger partial charge < -0.3 is 20.3 Å². The number of halogens is 1. The number of hydrogen-bond acceptors (Lipinski definition) is 7. The molecule has 0 unspecified atom stereocenters. The van der Waals surface area contributed by atoms with Crippen molar-refractivity contribution in [1.82, 2.24) is 24.6 Å². The number of carbonyl (C=O) groups excluding carboxylic acids is 1. The van der Waals surface area contributed by atoms with Crippen molar-refractivity contribution in [2.24, 2.45) is 7.05 Å². The van der Waals surface area contributed by atoms with Gasteiger partial charge in [-0.3, -0.25) is 9.48 Å². The number of anilines is 3. The van der Waals surface area contributed by atoms with Gasteiger partial charge in [0.2, 0.25) is 11.9 Å². The zero-order valence-corrected chi connectivity index (χ0v) is 22.1. The lowest BCUT2D eigenvalue weighted by Gasteiger charge is -2.17. The summed E-state index contributed by atoms with van der Waals surface area (Å²) in [7, 11) is 7.57. The topological polar surface area (TPSA) is 97.2 Å². The van der Waals surface area contributed by atoms with E-state index in [-0.39, 0.29) is 5.91 Å². The Bertz CT molecular complexity index is 1430. The zero-order valence-electron chi connectivity index (χ0n) is 21.3. The van der Waals surface area contributed by atoms with E-state index in [4.69, 9.17) is 21.3 Å². The Kier molecular flexibility index (Phi) is 8.37. The van der Waals surface area contributed by atoms with Crippen LogP contribution in [0.1, 0.15) is 12.0 Å². The molecule has 0 aliphatic carbocycles. The summed E-state index contributed by atoms with van der Waals surface area (Å²) in [6, 6.07) is 13.5. The summed E-state index contributed by atoms with van der Waals surface area (Å²) in [5, 5.41) is 11.8. The van der Waals surface area contributed by atoms with Crippen LogP contribution in [0, 0.1) is 0 Å². The summed E-state index contributed by atoms with van der Waals surface area (Å²) in [5.41, 5.74) is 5.94.